The molecule has 4 heteroatoms. The van der Waals surface area contributed by atoms with Gasteiger partial charge in [-0.2, -0.15) is 0 Å². The van der Waals surface area contributed by atoms with Gasteiger partial charge < -0.3 is 10.2 Å². The molecule has 2 N–H and O–H groups in total. The molecule has 1 atom stereocenters. The van der Waals surface area contributed by atoms with Gasteiger partial charge in [0, 0.05) is 26.2 Å². The van der Waals surface area contributed by atoms with Crippen LogP contribution in [-0.4, -0.2) is 49.6 Å². The van der Waals surface area contributed by atoms with Gasteiger partial charge in [0.05, 0.1) is 0 Å². The van der Waals surface area contributed by atoms with Gasteiger partial charge in [-0.3, -0.25) is 10.1 Å². The van der Waals surface area contributed by atoms with Gasteiger partial charge in [-0.15, -0.1) is 0 Å². The van der Waals surface area contributed by atoms with Gasteiger partial charge >= 0.3 is 0 Å². The Labute approximate surface area is 65.9 Å². The van der Waals surface area contributed by atoms with Gasteiger partial charge in [-0.1, -0.05) is 0 Å². The number of carbonyl (C=O) groups is 1. The van der Waals surface area contributed by atoms with Crippen LogP contribution in [0.5, 0.6) is 0 Å². The second-order valence-corrected chi connectivity index (χ2v) is 3.43. The molecular formula is C7H13N3O. The lowest BCUT2D eigenvalue weighted by molar-refractivity contribution is -0.137. The Hall–Kier alpha value is -0.610. The van der Waals surface area contributed by atoms with E-state index >= 15 is 0 Å². The maximum Gasteiger partial charge on any atom is 0.243 e. The molecule has 0 radical (unpaired) electrons. The van der Waals surface area contributed by atoms with E-state index in [1.54, 1.807) is 0 Å². The molecule has 0 aromatic carbocycles. The summed E-state index contributed by atoms with van der Waals surface area (Å²) in [6.07, 6.45) is 0. The molecule has 0 aromatic rings. The Morgan fingerprint density at radius 2 is 2.45 bits per heavy atom. The first kappa shape index (κ1) is 7.06. The second-order valence-electron chi connectivity index (χ2n) is 3.43. The summed E-state index contributed by atoms with van der Waals surface area (Å²) < 4.78 is 0. The molecule has 0 saturated carbocycles. The van der Waals surface area contributed by atoms with Crippen LogP contribution < -0.4 is 10.6 Å². The Morgan fingerprint density at radius 1 is 1.64 bits per heavy atom. The normalized spacial score (nSPS) is 38.5. The predicted molar refractivity (Wildman–Crippen MR) is 41.2 cm³/mol. The first-order chi connectivity index (χ1) is 5.23. The van der Waals surface area contributed by atoms with E-state index in [0.29, 0.717) is 0 Å². The van der Waals surface area contributed by atoms with Crippen LogP contribution in [0.4, 0.5) is 0 Å². The Kier molecular flexibility index (Phi) is 1.40. The highest BCUT2D eigenvalue weighted by Gasteiger charge is 2.47. The van der Waals surface area contributed by atoms with Crippen molar-refractivity contribution in [2.45, 2.75) is 5.54 Å². The maximum absolute atomic E-state index is 11.2. The molecule has 1 amide bonds. The van der Waals surface area contributed by atoms with Crippen LogP contribution in [0, 0.1) is 0 Å². The number of nitrogens with zero attached hydrogens (tertiary/aromatic N) is 1. The van der Waals surface area contributed by atoms with Crippen molar-refractivity contribution in [3.05, 3.63) is 0 Å². The van der Waals surface area contributed by atoms with Crippen molar-refractivity contribution in [3.8, 4) is 0 Å². The first-order valence-electron chi connectivity index (χ1n) is 3.95. The number of hydrogen-bond acceptors (Lipinski definition) is 3. The molecular weight excluding hydrogens is 142 g/mol. The summed E-state index contributed by atoms with van der Waals surface area (Å²) in [5.74, 6) is 0.157. The number of piperazine rings is 1. The average molecular weight is 155 g/mol. The fraction of sp³-hybridized carbons (Fsp3) is 0.857. The first-order valence-corrected chi connectivity index (χ1v) is 3.95. The van der Waals surface area contributed by atoms with Gasteiger partial charge in [0.1, 0.15) is 5.54 Å². The zero-order chi connectivity index (χ0) is 7.90. The van der Waals surface area contributed by atoms with E-state index in [-0.39, 0.29) is 11.4 Å². The summed E-state index contributed by atoms with van der Waals surface area (Å²) in [6.45, 7) is 3.59. The zero-order valence-corrected chi connectivity index (χ0v) is 6.68. The Morgan fingerprint density at radius 3 is 2.82 bits per heavy atom. The number of β-lactam (4-membered cyclic amide) rings is 1. The van der Waals surface area contributed by atoms with Gasteiger partial charge in [0.2, 0.25) is 5.91 Å². The van der Waals surface area contributed by atoms with Crippen molar-refractivity contribution < 1.29 is 4.79 Å². The highest BCUT2D eigenvalue weighted by Crippen LogP contribution is 2.16. The fourth-order valence-corrected chi connectivity index (χ4v) is 1.73. The summed E-state index contributed by atoms with van der Waals surface area (Å²) in [5.41, 5.74) is -0.243. The molecule has 0 aliphatic carbocycles. The molecule has 2 aliphatic heterocycles. The minimum atomic E-state index is -0.243. The van der Waals surface area contributed by atoms with Gasteiger partial charge in [-0.25, -0.2) is 0 Å². The van der Waals surface area contributed by atoms with Crippen molar-refractivity contribution in [2.75, 3.05) is 33.2 Å². The average Bonchev–Trinajstić information content (AvgIpc) is 2.02. The molecule has 11 heavy (non-hydrogen) atoms. The number of carbonyl (C=O) groups excluding carboxylic acids is 1. The SMILES string of the molecule is CN1CCNC2(CNC2=O)C1. The molecule has 2 rings (SSSR count). The lowest BCUT2D eigenvalue weighted by Gasteiger charge is -2.47. The van der Waals surface area contributed by atoms with E-state index in [1.165, 1.54) is 0 Å². The monoisotopic (exact) mass is 155 g/mol. The molecule has 4 nitrogen and oxygen atoms in total. The molecule has 2 fully saturated rings. The molecule has 2 aliphatic rings. The molecule has 2 saturated heterocycles. The van der Waals surface area contributed by atoms with Gasteiger partial charge in [0.25, 0.3) is 0 Å². The van der Waals surface area contributed by atoms with Gasteiger partial charge in [-0.05, 0) is 7.05 Å². The molecule has 0 bridgehead atoms. The van der Waals surface area contributed by atoms with E-state index in [0.717, 1.165) is 26.2 Å². The fourth-order valence-electron chi connectivity index (χ4n) is 1.73. The third-order valence-electron chi connectivity index (χ3n) is 2.48. The summed E-state index contributed by atoms with van der Waals surface area (Å²) in [6, 6.07) is 0. The third kappa shape index (κ3) is 0.937. The van der Waals surface area contributed by atoms with E-state index in [4.69, 9.17) is 0 Å². The number of nitrogens with one attached hydrogen (secondary N) is 2. The van der Waals surface area contributed by atoms with Crippen LogP contribution in [0.15, 0.2) is 0 Å². The van der Waals surface area contributed by atoms with Crippen molar-refractivity contribution >= 4 is 5.91 Å². The van der Waals surface area contributed by atoms with E-state index in [2.05, 4.69) is 15.5 Å². The Balaban J connectivity index is 2.07. The standard InChI is InChI=1S/C7H13N3O/c1-10-3-2-9-7(5-10)4-8-6(7)11/h9H,2-5H2,1H3,(H,8,11). The van der Waals surface area contributed by atoms with Crippen molar-refractivity contribution in [3.63, 3.8) is 0 Å². The second kappa shape index (κ2) is 2.19. The van der Waals surface area contributed by atoms with E-state index in [9.17, 15) is 4.79 Å². The lowest BCUT2D eigenvalue weighted by atomic mass is 9.89. The molecule has 0 aromatic heterocycles. The molecule has 2 heterocycles. The van der Waals surface area contributed by atoms with Crippen LogP contribution in [0.25, 0.3) is 0 Å². The van der Waals surface area contributed by atoms with Gasteiger partial charge in [0.15, 0.2) is 0 Å². The predicted octanol–water partition coefficient (Wildman–Crippen LogP) is -1.61. The van der Waals surface area contributed by atoms with Crippen LogP contribution in [0.1, 0.15) is 0 Å². The summed E-state index contributed by atoms with van der Waals surface area (Å²) >= 11 is 0. The number of hydrogen-bond donors (Lipinski definition) is 2. The maximum atomic E-state index is 11.2. The quantitative estimate of drug-likeness (QED) is 0.414. The topological polar surface area (TPSA) is 44.4 Å². The number of likely N-dealkylation sites (N-methyl/N-ethyl adjacent to an activating group) is 1. The highest BCUT2D eigenvalue weighted by molar-refractivity contribution is 5.93. The molecule has 1 spiro atoms. The van der Waals surface area contributed by atoms with Crippen LogP contribution in [0.2, 0.25) is 0 Å². The van der Waals surface area contributed by atoms with Crippen molar-refractivity contribution in [1.29, 1.82) is 0 Å². The summed E-state index contributed by atoms with van der Waals surface area (Å²) in [4.78, 5) is 13.3. The number of amides is 1. The van der Waals surface area contributed by atoms with Crippen molar-refractivity contribution in [2.24, 2.45) is 0 Å². The van der Waals surface area contributed by atoms with Crippen molar-refractivity contribution in [1.82, 2.24) is 15.5 Å². The minimum absolute atomic E-state index is 0.157. The largest absolute Gasteiger partial charge is 0.352 e. The van der Waals surface area contributed by atoms with Crippen LogP contribution >= 0.6 is 0 Å². The highest BCUT2D eigenvalue weighted by atomic mass is 16.2. The molecule has 1 unspecified atom stereocenters. The van der Waals surface area contributed by atoms with Crippen LogP contribution in [0.3, 0.4) is 0 Å². The smallest absolute Gasteiger partial charge is 0.243 e. The van der Waals surface area contributed by atoms with E-state index in [1.807, 2.05) is 7.05 Å². The van der Waals surface area contributed by atoms with E-state index < -0.39 is 0 Å². The Bertz CT molecular complexity index is 194. The minimum Gasteiger partial charge on any atom is -0.352 e. The lowest BCUT2D eigenvalue weighted by Crippen LogP contribution is -2.78. The van der Waals surface area contributed by atoms with Crippen LogP contribution in [-0.2, 0) is 4.79 Å². The molecule has 62 valence electrons. The number of rotatable bonds is 0. The summed E-state index contributed by atoms with van der Waals surface area (Å²) in [5, 5.41) is 6.02. The zero-order valence-electron chi connectivity index (χ0n) is 6.68. The third-order valence-corrected chi connectivity index (χ3v) is 2.48. The summed E-state index contributed by atoms with van der Waals surface area (Å²) in [7, 11) is 2.05.